The number of hydrogen-bond acceptors (Lipinski definition) is 6. The van der Waals surface area contributed by atoms with Crippen molar-refractivity contribution >= 4 is 11.7 Å². The van der Waals surface area contributed by atoms with E-state index in [4.69, 9.17) is 10.5 Å². The molecule has 0 spiro atoms. The van der Waals surface area contributed by atoms with Gasteiger partial charge in [-0.25, -0.2) is 9.78 Å². The van der Waals surface area contributed by atoms with Crippen LogP contribution in [-0.2, 0) is 4.74 Å². The quantitative estimate of drug-likeness (QED) is 0.772. The number of pyridine rings is 1. The average molecular weight is 264 g/mol. The Balaban J connectivity index is 2.23. The molecule has 0 bridgehead atoms. The minimum absolute atomic E-state index is 0.256. The summed E-state index contributed by atoms with van der Waals surface area (Å²) in [7, 11) is 3.45. The number of carbonyl (C=O) groups excluding carboxylic acids is 1. The Morgan fingerprint density at radius 1 is 1.58 bits per heavy atom. The Morgan fingerprint density at radius 3 is 3.05 bits per heavy atom. The lowest BCUT2D eigenvalue weighted by Crippen LogP contribution is -2.55. The first-order valence-corrected chi connectivity index (χ1v) is 6.35. The fraction of sp³-hybridized carbons (Fsp3) is 0.538. The number of anilines is 1. The van der Waals surface area contributed by atoms with Crippen molar-refractivity contribution in [2.75, 3.05) is 45.2 Å². The van der Waals surface area contributed by atoms with Crippen LogP contribution in [0.2, 0.25) is 0 Å². The van der Waals surface area contributed by atoms with Gasteiger partial charge in [-0.2, -0.15) is 0 Å². The molecule has 0 amide bonds. The number of likely N-dealkylation sites (N-methyl/N-ethyl adjacent to an activating group) is 1. The lowest BCUT2D eigenvalue weighted by atomic mass is 10.1. The van der Waals surface area contributed by atoms with Crippen molar-refractivity contribution in [2.45, 2.75) is 6.04 Å². The van der Waals surface area contributed by atoms with Gasteiger partial charge in [-0.15, -0.1) is 0 Å². The molecule has 0 radical (unpaired) electrons. The highest BCUT2D eigenvalue weighted by molar-refractivity contribution is 5.88. The molecular formula is C13H20N4O2. The van der Waals surface area contributed by atoms with Crippen molar-refractivity contribution in [3.8, 4) is 0 Å². The van der Waals surface area contributed by atoms with Gasteiger partial charge in [0, 0.05) is 38.1 Å². The molecule has 1 atom stereocenters. The van der Waals surface area contributed by atoms with Crippen LogP contribution in [0, 0.1) is 0 Å². The van der Waals surface area contributed by atoms with E-state index >= 15 is 0 Å². The first-order valence-electron chi connectivity index (χ1n) is 6.35. The molecule has 1 aliphatic heterocycles. The molecule has 0 saturated carbocycles. The van der Waals surface area contributed by atoms with Crippen LogP contribution in [0.25, 0.3) is 0 Å². The van der Waals surface area contributed by atoms with Crippen LogP contribution >= 0.6 is 0 Å². The standard InChI is InChI=1S/C13H20N4O2/c1-16-5-6-17(11(8-14)9-16)10-3-4-15-12(7-10)13(18)19-2/h3-4,7,11H,5-6,8-9,14H2,1-2H3. The van der Waals surface area contributed by atoms with Gasteiger partial charge in [-0.05, 0) is 19.2 Å². The average Bonchev–Trinajstić information content (AvgIpc) is 2.46. The highest BCUT2D eigenvalue weighted by Gasteiger charge is 2.25. The monoisotopic (exact) mass is 264 g/mol. The largest absolute Gasteiger partial charge is 0.464 e. The van der Waals surface area contributed by atoms with Gasteiger partial charge in [-0.1, -0.05) is 0 Å². The molecule has 2 rings (SSSR count). The number of nitrogens with two attached hydrogens (primary N) is 1. The van der Waals surface area contributed by atoms with Crippen molar-refractivity contribution in [3.05, 3.63) is 24.0 Å². The maximum atomic E-state index is 11.5. The summed E-state index contributed by atoms with van der Waals surface area (Å²) in [5.74, 6) is -0.416. The van der Waals surface area contributed by atoms with E-state index in [1.54, 1.807) is 12.3 Å². The fourth-order valence-corrected chi connectivity index (χ4v) is 2.37. The molecule has 2 heterocycles. The molecule has 19 heavy (non-hydrogen) atoms. The molecular weight excluding hydrogens is 244 g/mol. The van der Waals surface area contributed by atoms with Gasteiger partial charge in [0.15, 0.2) is 0 Å². The Hall–Kier alpha value is -1.66. The minimum atomic E-state index is -0.416. The maximum absolute atomic E-state index is 11.5. The third-order valence-electron chi connectivity index (χ3n) is 3.43. The van der Waals surface area contributed by atoms with E-state index in [9.17, 15) is 4.79 Å². The first-order chi connectivity index (χ1) is 9.15. The van der Waals surface area contributed by atoms with Crippen molar-refractivity contribution < 1.29 is 9.53 Å². The number of esters is 1. The summed E-state index contributed by atoms with van der Waals surface area (Å²) in [4.78, 5) is 20.0. The molecule has 0 aromatic carbocycles. The lowest BCUT2D eigenvalue weighted by molar-refractivity contribution is 0.0594. The van der Waals surface area contributed by atoms with Gasteiger partial charge in [-0.3, -0.25) is 0 Å². The molecule has 0 aliphatic carbocycles. The van der Waals surface area contributed by atoms with Gasteiger partial charge in [0.25, 0.3) is 0 Å². The van der Waals surface area contributed by atoms with Crippen LogP contribution in [0.1, 0.15) is 10.5 Å². The van der Waals surface area contributed by atoms with E-state index in [0.717, 1.165) is 25.3 Å². The molecule has 1 fully saturated rings. The van der Waals surface area contributed by atoms with E-state index in [-0.39, 0.29) is 6.04 Å². The van der Waals surface area contributed by atoms with E-state index < -0.39 is 5.97 Å². The number of rotatable bonds is 3. The summed E-state index contributed by atoms with van der Waals surface area (Å²) in [6.07, 6.45) is 1.63. The van der Waals surface area contributed by atoms with Crippen LogP contribution in [0.3, 0.4) is 0 Å². The third-order valence-corrected chi connectivity index (χ3v) is 3.43. The molecule has 6 heteroatoms. The number of methoxy groups -OCH3 is 1. The van der Waals surface area contributed by atoms with Gasteiger partial charge in [0.05, 0.1) is 13.2 Å². The number of aromatic nitrogens is 1. The zero-order valence-corrected chi connectivity index (χ0v) is 11.4. The molecule has 1 saturated heterocycles. The number of hydrogen-bond donors (Lipinski definition) is 1. The molecule has 1 aromatic heterocycles. The second-order valence-corrected chi connectivity index (χ2v) is 4.74. The van der Waals surface area contributed by atoms with E-state index in [2.05, 4.69) is 21.8 Å². The summed E-state index contributed by atoms with van der Waals surface area (Å²) in [5, 5.41) is 0. The van der Waals surface area contributed by atoms with Crippen molar-refractivity contribution in [1.29, 1.82) is 0 Å². The van der Waals surface area contributed by atoms with Crippen molar-refractivity contribution in [2.24, 2.45) is 5.73 Å². The number of piperazine rings is 1. The summed E-state index contributed by atoms with van der Waals surface area (Å²) in [6, 6.07) is 3.92. The van der Waals surface area contributed by atoms with Crippen molar-refractivity contribution in [1.82, 2.24) is 9.88 Å². The molecule has 104 valence electrons. The molecule has 1 unspecified atom stereocenters. The number of nitrogens with zero attached hydrogens (tertiary/aromatic N) is 3. The zero-order chi connectivity index (χ0) is 13.8. The van der Waals surface area contributed by atoms with Crippen LogP contribution in [0.4, 0.5) is 5.69 Å². The van der Waals surface area contributed by atoms with E-state index in [0.29, 0.717) is 12.2 Å². The van der Waals surface area contributed by atoms with Crippen LogP contribution < -0.4 is 10.6 Å². The van der Waals surface area contributed by atoms with Gasteiger partial charge >= 0.3 is 5.97 Å². The topological polar surface area (TPSA) is 71.7 Å². The summed E-state index contributed by atoms with van der Waals surface area (Å²) in [5.41, 5.74) is 7.14. The predicted octanol–water partition coefficient (Wildman–Crippen LogP) is -0.0527. The zero-order valence-electron chi connectivity index (χ0n) is 11.4. The van der Waals surface area contributed by atoms with Gasteiger partial charge in [0.1, 0.15) is 5.69 Å². The second kappa shape index (κ2) is 5.99. The lowest BCUT2D eigenvalue weighted by Gasteiger charge is -2.41. The Labute approximate surface area is 113 Å². The van der Waals surface area contributed by atoms with Gasteiger partial charge < -0.3 is 20.3 Å². The summed E-state index contributed by atoms with van der Waals surface area (Å²) >= 11 is 0. The number of carbonyl (C=O) groups is 1. The highest BCUT2D eigenvalue weighted by atomic mass is 16.5. The van der Waals surface area contributed by atoms with Gasteiger partial charge in [0.2, 0.25) is 0 Å². The van der Waals surface area contributed by atoms with E-state index in [1.165, 1.54) is 7.11 Å². The SMILES string of the molecule is COC(=O)c1cc(N2CCN(C)CC2CN)ccn1. The van der Waals surface area contributed by atoms with Crippen LogP contribution in [0.5, 0.6) is 0 Å². The smallest absolute Gasteiger partial charge is 0.356 e. The van der Waals surface area contributed by atoms with Crippen LogP contribution in [0.15, 0.2) is 18.3 Å². The molecule has 2 N–H and O–H groups in total. The summed E-state index contributed by atoms with van der Waals surface area (Å²) < 4.78 is 4.70. The fourth-order valence-electron chi connectivity index (χ4n) is 2.37. The summed E-state index contributed by atoms with van der Waals surface area (Å²) in [6.45, 7) is 3.38. The normalized spacial score (nSPS) is 20.4. The molecule has 6 nitrogen and oxygen atoms in total. The molecule has 1 aliphatic rings. The molecule has 1 aromatic rings. The van der Waals surface area contributed by atoms with Crippen molar-refractivity contribution in [3.63, 3.8) is 0 Å². The Morgan fingerprint density at radius 2 is 2.37 bits per heavy atom. The predicted molar refractivity (Wildman–Crippen MR) is 73.3 cm³/mol. The number of ether oxygens (including phenoxy) is 1. The van der Waals surface area contributed by atoms with Crippen LogP contribution in [-0.4, -0.2) is 62.2 Å². The maximum Gasteiger partial charge on any atom is 0.356 e. The second-order valence-electron chi connectivity index (χ2n) is 4.74. The highest BCUT2D eigenvalue weighted by Crippen LogP contribution is 2.20. The Bertz CT molecular complexity index is 452. The first kappa shape index (κ1) is 13.8. The van der Waals surface area contributed by atoms with E-state index in [1.807, 2.05) is 6.07 Å². The third kappa shape index (κ3) is 3.02. The minimum Gasteiger partial charge on any atom is -0.464 e. The Kier molecular flexibility index (Phi) is 4.34.